The number of unbranched alkanes of at least 4 members (excludes halogenated alkanes) is 11. The average molecular weight is 284 g/mol. The molecule has 1 saturated heterocycles. The van der Waals surface area contributed by atoms with Crippen LogP contribution < -0.4 is 0 Å². The number of ether oxygens (including phenoxy) is 2. The highest BCUT2D eigenvalue weighted by Gasteiger charge is 2.29. The molecule has 0 saturated carbocycles. The highest BCUT2D eigenvalue weighted by molar-refractivity contribution is 4.75. The summed E-state index contributed by atoms with van der Waals surface area (Å²) in [5.41, 5.74) is 0. The van der Waals surface area contributed by atoms with Gasteiger partial charge in [-0.05, 0) is 13.3 Å². The molecule has 0 aromatic carbocycles. The number of hydrogen-bond donors (Lipinski definition) is 0. The van der Waals surface area contributed by atoms with Crippen molar-refractivity contribution in [3.63, 3.8) is 0 Å². The van der Waals surface area contributed by atoms with Crippen LogP contribution in [-0.2, 0) is 9.47 Å². The van der Waals surface area contributed by atoms with Gasteiger partial charge in [-0.1, -0.05) is 77.6 Å². The molecule has 0 N–H and O–H groups in total. The predicted octanol–water partition coefficient (Wildman–Crippen LogP) is 5.49. The fourth-order valence-corrected chi connectivity index (χ4v) is 2.65. The molecule has 2 atom stereocenters. The molecule has 0 radical (unpaired) electrons. The summed E-state index contributed by atoms with van der Waals surface area (Å²) in [7, 11) is 0. The maximum atomic E-state index is 5.73. The van der Waals surface area contributed by atoms with E-state index in [0.717, 1.165) is 13.2 Å². The van der Waals surface area contributed by atoms with Gasteiger partial charge < -0.3 is 9.47 Å². The van der Waals surface area contributed by atoms with Crippen molar-refractivity contribution in [3.05, 3.63) is 0 Å². The molecule has 20 heavy (non-hydrogen) atoms. The normalized spacial score (nSPS) is 19.2. The Morgan fingerprint density at radius 3 is 1.75 bits per heavy atom. The molecule has 120 valence electrons. The molecule has 0 spiro atoms. The molecule has 2 unspecified atom stereocenters. The van der Waals surface area contributed by atoms with E-state index in [1.165, 1.54) is 77.0 Å². The molecule has 0 bridgehead atoms. The summed E-state index contributed by atoms with van der Waals surface area (Å²) in [6.07, 6.45) is 17.5. The maximum absolute atomic E-state index is 5.73. The van der Waals surface area contributed by atoms with E-state index in [1.54, 1.807) is 0 Å². The van der Waals surface area contributed by atoms with Crippen molar-refractivity contribution in [2.45, 2.75) is 103 Å². The third-order valence-electron chi connectivity index (χ3n) is 4.26. The second kappa shape index (κ2) is 12.6. The molecule has 0 amide bonds. The second-order valence-corrected chi connectivity index (χ2v) is 6.34. The van der Waals surface area contributed by atoms with E-state index in [2.05, 4.69) is 13.8 Å². The minimum atomic E-state index is 0.308. The smallest absolute Gasteiger partial charge is 0.107 e. The lowest BCUT2D eigenvalue weighted by Crippen LogP contribution is -2.15. The monoisotopic (exact) mass is 284 g/mol. The van der Waals surface area contributed by atoms with E-state index in [1.807, 2.05) is 0 Å². The first-order valence-corrected chi connectivity index (χ1v) is 9.07. The molecule has 1 aliphatic heterocycles. The summed E-state index contributed by atoms with van der Waals surface area (Å²) in [5, 5.41) is 0. The summed E-state index contributed by atoms with van der Waals surface area (Å²) in [5.74, 6) is 0. The number of rotatable bonds is 15. The average Bonchev–Trinajstić information content (AvgIpc) is 3.28. The van der Waals surface area contributed by atoms with Crippen molar-refractivity contribution in [1.29, 1.82) is 0 Å². The Morgan fingerprint density at radius 1 is 0.850 bits per heavy atom. The van der Waals surface area contributed by atoms with Gasteiger partial charge in [0, 0.05) is 6.61 Å². The zero-order chi connectivity index (χ0) is 14.5. The van der Waals surface area contributed by atoms with Gasteiger partial charge >= 0.3 is 0 Å². The van der Waals surface area contributed by atoms with Crippen LogP contribution in [0.25, 0.3) is 0 Å². The van der Waals surface area contributed by atoms with Gasteiger partial charge in [-0.2, -0.15) is 0 Å². The third-order valence-corrected chi connectivity index (χ3v) is 4.26. The lowest BCUT2D eigenvalue weighted by Gasteiger charge is -2.09. The van der Waals surface area contributed by atoms with Crippen molar-refractivity contribution >= 4 is 0 Å². The lowest BCUT2D eigenvalue weighted by molar-refractivity contribution is 0.0434. The third kappa shape index (κ3) is 10.7. The van der Waals surface area contributed by atoms with Crippen LogP contribution in [0, 0.1) is 0 Å². The largest absolute Gasteiger partial charge is 0.376 e. The van der Waals surface area contributed by atoms with E-state index in [4.69, 9.17) is 9.47 Å². The Kier molecular flexibility index (Phi) is 11.4. The van der Waals surface area contributed by atoms with Crippen LogP contribution in [0.2, 0.25) is 0 Å². The molecular formula is C18H36O2. The minimum absolute atomic E-state index is 0.308. The van der Waals surface area contributed by atoms with Gasteiger partial charge in [-0.3, -0.25) is 0 Å². The predicted molar refractivity (Wildman–Crippen MR) is 86.2 cm³/mol. The summed E-state index contributed by atoms with van der Waals surface area (Å²) < 4.78 is 10.9. The summed E-state index contributed by atoms with van der Waals surface area (Å²) >= 11 is 0. The maximum Gasteiger partial charge on any atom is 0.107 e. The standard InChI is InChI=1S/C18H36O2/c1-3-4-5-6-7-8-9-10-11-12-13-14-15-19-17(2)18-16-20-18/h17-18H,3-16H2,1-2H3. The van der Waals surface area contributed by atoms with Gasteiger partial charge in [0.25, 0.3) is 0 Å². The molecule has 1 heterocycles. The minimum Gasteiger partial charge on any atom is -0.376 e. The van der Waals surface area contributed by atoms with Gasteiger partial charge in [0.1, 0.15) is 6.10 Å². The van der Waals surface area contributed by atoms with Gasteiger partial charge in [-0.25, -0.2) is 0 Å². The zero-order valence-corrected chi connectivity index (χ0v) is 13.9. The van der Waals surface area contributed by atoms with Crippen LogP contribution in [0.3, 0.4) is 0 Å². The molecule has 2 heteroatoms. The molecule has 2 nitrogen and oxygen atoms in total. The Morgan fingerprint density at radius 2 is 1.30 bits per heavy atom. The van der Waals surface area contributed by atoms with Crippen molar-refractivity contribution < 1.29 is 9.47 Å². The number of hydrogen-bond acceptors (Lipinski definition) is 2. The van der Waals surface area contributed by atoms with Crippen molar-refractivity contribution in [2.24, 2.45) is 0 Å². The molecular weight excluding hydrogens is 248 g/mol. The lowest BCUT2D eigenvalue weighted by atomic mass is 10.1. The molecule has 0 aromatic rings. The molecule has 1 rings (SSSR count). The first-order valence-electron chi connectivity index (χ1n) is 9.07. The Balaban J connectivity index is 1.66. The molecule has 0 aromatic heterocycles. The van der Waals surface area contributed by atoms with Crippen LogP contribution >= 0.6 is 0 Å². The van der Waals surface area contributed by atoms with Gasteiger partial charge in [0.2, 0.25) is 0 Å². The van der Waals surface area contributed by atoms with Crippen LogP contribution in [0.1, 0.15) is 90.9 Å². The van der Waals surface area contributed by atoms with E-state index < -0.39 is 0 Å². The SMILES string of the molecule is CCCCCCCCCCCCCCOC(C)C1CO1. The Bertz CT molecular complexity index is 202. The topological polar surface area (TPSA) is 21.8 Å². The quantitative estimate of drug-likeness (QED) is 0.293. The van der Waals surface area contributed by atoms with Gasteiger partial charge in [0.05, 0.1) is 12.7 Å². The molecule has 1 fully saturated rings. The van der Waals surface area contributed by atoms with E-state index in [9.17, 15) is 0 Å². The number of epoxide rings is 1. The summed E-state index contributed by atoms with van der Waals surface area (Å²) in [4.78, 5) is 0. The molecule has 0 aliphatic carbocycles. The van der Waals surface area contributed by atoms with Crippen LogP contribution in [0.15, 0.2) is 0 Å². The van der Waals surface area contributed by atoms with Gasteiger partial charge in [-0.15, -0.1) is 0 Å². The van der Waals surface area contributed by atoms with Crippen molar-refractivity contribution in [3.8, 4) is 0 Å². The zero-order valence-electron chi connectivity index (χ0n) is 13.9. The fourth-order valence-electron chi connectivity index (χ4n) is 2.65. The van der Waals surface area contributed by atoms with E-state index >= 15 is 0 Å². The summed E-state index contributed by atoms with van der Waals surface area (Å²) in [6, 6.07) is 0. The first kappa shape index (κ1) is 18.0. The fraction of sp³-hybridized carbons (Fsp3) is 1.00. The van der Waals surface area contributed by atoms with Crippen LogP contribution in [0.4, 0.5) is 0 Å². The van der Waals surface area contributed by atoms with Crippen LogP contribution in [0.5, 0.6) is 0 Å². The van der Waals surface area contributed by atoms with Crippen LogP contribution in [-0.4, -0.2) is 25.4 Å². The van der Waals surface area contributed by atoms with Crippen molar-refractivity contribution in [1.82, 2.24) is 0 Å². The summed E-state index contributed by atoms with van der Waals surface area (Å²) in [6.45, 7) is 6.22. The highest BCUT2D eigenvalue weighted by atomic mass is 16.6. The van der Waals surface area contributed by atoms with E-state index in [0.29, 0.717) is 12.2 Å². The van der Waals surface area contributed by atoms with Gasteiger partial charge in [0.15, 0.2) is 0 Å². The Labute approximate surface area is 126 Å². The Hall–Kier alpha value is -0.0800. The second-order valence-electron chi connectivity index (χ2n) is 6.34. The van der Waals surface area contributed by atoms with Crippen molar-refractivity contribution in [2.75, 3.05) is 13.2 Å². The van der Waals surface area contributed by atoms with E-state index in [-0.39, 0.29) is 0 Å². The molecule has 1 aliphatic rings. The highest BCUT2D eigenvalue weighted by Crippen LogP contribution is 2.17. The first-order chi connectivity index (χ1) is 9.84.